The van der Waals surface area contributed by atoms with Crippen molar-refractivity contribution in [2.45, 2.75) is 6.18 Å². The van der Waals surface area contributed by atoms with Crippen LogP contribution in [0.25, 0.3) is 0 Å². The van der Waals surface area contributed by atoms with Gasteiger partial charge >= 0.3 is 12.2 Å². The number of ether oxygens (including phenoxy) is 1. The molecule has 3 amide bonds. The molecule has 0 bridgehead atoms. The van der Waals surface area contributed by atoms with E-state index in [0.717, 1.165) is 43.4 Å². The zero-order valence-electron chi connectivity index (χ0n) is 17.0. The summed E-state index contributed by atoms with van der Waals surface area (Å²) in [6, 6.07) is 6.69. The summed E-state index contributed by atoms with van der Waals surface area (Å²) >= 11 is 0. The van der Waals surface area contributed by atoms with Crippen molar-refractivity contribution in [3.8, 4) is 0 Å². The minimum Gasteiger partial charge on any atom is -0.379 e. The summed E-state index contributed by atoms with van der Waals surface area (Å²) in [6.45, 7) is 3.82. The molecule has 1 saturated heterocycles. The molecule has 0 atom stereocenters. The number of hydrogen-bond acceptors (Lipinski definition) is 4. The van der Waals surface area contributed by atoms with Crippen LogP contribution in [0.4, 0.5) is 33.7 Å². The lowest BCUT2D eigenvalue weighted by Gasteiger charge is -2.26. The number of benzene rings is 2. The molecule has 0 unspecified atom stereocenters. The molecule has 1 aliphatic rings. The summed E-state index contributed by atoms with van der Waals surface area (Å²) < 4.78 is 57.3. The van der Waals surface area contributed by atoms with Gasteiger partial charge in [-0.3, -0.25) is 9.69 Å². The number of morpholine rings is 1. The number of alkyl halides is 3. The number of nitrogens with zero attached hydrogens (tertiary/aromatic N) is 1. The van der Waals surface area contributed by atoms with E-state index in [4.69, 9.17) is 4.74 Å². The van der Waals surface area contributed by atoms with Crippen LogP contribution in [0.1, 0.15) is 15.9 Å². The summed E-state index contributed by atoms with van der Waals surface area (Å²) in [6.07, 6.45) is -4.48. The van der Waals surface area contributed by atoms with Gasteiger partial charge < -0.3 is 20.7 Å². The summed E-state index contributed by atoms with van der Waals surface area (Å²) in [4.78, 5) is 26.4. The Morgan fingerprint density at radius 2 is 1.59 bits per heavy atom. The number of nitrogens with one attached hydrogen (secondary N) is 3. The Hall–Kier alpha value is -3.18. The molecule has 32 heavy (non-hydrogen) atoms. The Bertz CT molecular complexity index is 945. The number of anilines is 2. The van der Waals surface area contributed by atoms with Crippen LogP contribution in [0.5, 0.6) is 0 Å². The van der Waals surface area contributed by atoms with Crippen molar-refractivity contribution in [1.82, 2.24) is 10.2 Å². The van der Waals surface area contributed by atoms with Crippen molar-refractivity contribution in [3.63, 3.8) is 0 Å². The molecule has 0 radical (unpaired) electrons. The third-order valence-electron chi connectivity index (χ3n) is 4.76. The highest BCUT2D eigenvalue weighted by molar-refractivity contribution is 6.00. The topological polar surface area (TPSA) is 82.7 Å². The molecule has 0 saturated carbocycles. The third-order valence-corrected chi connectivity index (χ3v) is 4.76. The molecule has 172 valence electrons. The quantitative estimate of drug-likeness (QED) is 0.583. The number of amides is 3. The van der Waals surface area contributed by atoms with E-state index < -0.39 is 29.5 Å². The minimum absolute atomic E-state index is 0.0804. The van der Waals surface area contributed by atoms with E-state index in [-0.39, 0.29) is 16.9 Å². The lowest BCUT2D eigenvalue weighted by molar-refractivity contribution is -0.137. The highest BCUT2D eigenvalue weighted by atomic mass is 19.4. The van der Waals surface area contributed by atoms with Gasteiger partial charge in [-0.25, -0.2) is 9.18 Å². The predicted octanol–water partition coefficient (Wildman–Crippen LogP) is 3.55. The maximum absolute atomic E-state index is 14.3. The maximum Gasteiger partial charge on any atom is 0.416 e. The normalized spacial score (nSPS) is 14.6. The SMILES string of the molecule is O=C(Nc1ccc(C(F)(F)F)cc1)Nc1ccc(C(=O)NCCN2CCOCC2)c(F)c1. The Labute approximate surface area is 181 Å². The average molecular weight is 454 g/mol. The van der Waals surface area contributed by atoms with Gasteiger partial charge in [0, 0.05) is 37.6 Å². The zero-order valence-corrected chi connectivity index (χ0v) is 17.0. The standard InChI is InChI=1S/C21H22F4N4O3/c22-18-13-16(28-20(31)27-15-3-1-14(2-4-15)21(23,24)25)5-6-17(18)19(30)26-7-8-29-9-11-32-12-10-29/h1-6,13H,7-12H2,(H,26,30)(H2,27,28,31). The highest BCUT2D eigenvalue weighted by Gasteiger charge is 2.30. The summed E-state index contributed by atoms with van der Waals surface area (Å²) in [5.41, 5.74) is -0.797. The molecule has 0 aliphatic carbocycles. The van der Waals surface area contributed by atoms with Gasteiger partial charge in [0.1, 0.15) is 5.82 Å². The van der Waals surface area contributed by atoms with Crippen molar-refractivity contribution < 1.29 is 31.9 Å². The molecule has 3 rings (SSSR count). The fraction of sp³-hybridized carbons (Fsp3) is 0.333. The summed E-state index contributed by atoms with van der Waals surface area (Å²) in [5.74, 6) is -1.39. The number of halogens is 4. The number of hydrogen-bond donors (Lipinski definition) is 3. The van der Waals surface area contributed by atoms with Gasteiger partial charge in [-0.2, -0.15) is 13.2 Å². The molecular formula is C21H22F4N4O3. The van der Waals surface area contributed by atoms with Gasteiger partial charge in [-0.15, -0.1) is 0 Å². The van der Waals surface area contributed by atoms with Gasteiger partial charge in [-0.05, 0) is 42.5 Å². The minimum atomic E-state index is -4.48. The molecular weight excluding hydrogens is 432 g/mol. The monoisotopic (exact) mass is 454 g/mol. The van der Waals surface area contributed by atoms with Crippen molar-refractivity contribution in [2.75, 3.05) is 50.0 Å². The van der Waals surface area contributed by atoms with E-state index in [1.165, 1.54) is 12.1 Å². The second kappa shape index (κ2) is 10.4. The first-order valence-corrected chi connectivity index (χ1v) is 9.85. The number of urea groups is 1. The van der Waals surface area contributed by atoms with Gasteiger partial charge in [0.05, 0.1) is 24.3 Å². The van der Waals surface area contributed by atoms with Crippen molar-refractivity contribution in [3.05, 3.63) is 59.4 Å². The van der Waals surface area contributed by atoms with Crippen LogP contribution >= 0.6 is 0 Å². The maximum atomic E-state index is 14.3. The third kappa shape index (κ3) is 6.66. The first kappa shape index (κ1) is 23.5. The van der Waals surface area contributed by atoms with E-state index >= 15 is 0 Å². The van der Waals surface area contributed by atoms with E-state index in [1.807, 2.05) is 0 Å². The zero-order chi connectivity index (χ0) is 23.1. The Kier molecular flexibility index (Phi) is 7.65. The summed E-state index contributed by atoms with van der Waals surface area (Å²) in [7, 11) is 0. The second-order valence-electron chi connectivity index (χ2n) is 7.06. The fourth-order valence-corrected chi connectivity index (χ4v) is 3.06. The molecule has 1 aliphatic heterocycles. The van der Waals surface area contributed by atoms with Gasteiger partial charge in [-0.1, -0.05) is 0 Å². The molecule has 11 heteroatoms. The number of carbonyl (C=O) groups is 2. The van der Waals surface area contributed by atoms with Crippen LogP contribution in [0.3, 0.4) is 0 Å². The number of rotatable bonds is 6. The van der Waals surface area contributed by atoms with Crippen LogP contribution in [0.15, 0.2) is 42.5 Å². The first-order chi connectivity index (χ1) is 15.2. The van der Waals surface area contributed by atoms with Crippen LogP contribution in [0, 0.1) is 5.82 Å². The van der Waals surface area contributed by atoms with E-state index in [1.54, 1.807) is 0 Å². The van der Waals surface area contributed by atoms with Gasteiger partial charge in [0.2, 0.25) is 0 Å². The molecule has 1 fully saturated rings. The van der Waals surface area contributed by atoms with Crippen molar-refractivity contribution >= 4 is 23.3 Å². The predicted molar refractivity (Wildman–Crippen MR) is 110 cm³/mol. The Morgan fingerprint density at radius 1 is 0.969 bits per heavy atom. The molecule has 7 nitrogen and oxygen atoms in total. The molecule has 2 aromatic carbocycles. The second-order valence-corrected chi connectivity index (χ2v) is 7.06. The average Bonchev–Trinajstić information content (AvgIpc) is 2.74. The van der Waals surface area contributed by atoms with Crippen LogP contribution in [-0.2, 0) is 10.9 Å². The lowest BCUT2D eigenvalue weighted by Crippen LogP contribution is -2.41. The molecule has 2 aromatic rings. The van der Waals surface area contributed by atoms with Crippen molar-refractivity contribution in [2.24, 2.45) is 0 Å². The van der Waals surface area contributed by atoms with Gasteiger partial charge in [0.15, 0.2) is 0 Å². The molecule has 0 spiro atoms. The molecule has 1 heterocycles. The Balaban J connectivity index is 1.50. The first-order valence-electron chi connectivity index (χ1n) is 9.85. The summed E-state index contributed by atoms with van der Waals surface area (Å²) in [5, 5.41) is 7.37. The highest BCUT2D eigenvalue weighted by Crippen LogP contribution is 2.29. The molecule has 0 aromatic heterocycles. The van der Waals surface area contributed by atoms with Crippen molar-refractivity contribution in [1.29, 1.82) is 0 Å². The van der Waals surface area contributed by atoms with Crippen LogP contribution < -0.4 is 16.0 Å². The van der Waals surface area contributed by atoms with Crippen LogP contribution in [-0.4, -0.2) is 56.2 Å². The Morgan fingerprint density at radius 3 is 2.22 bits per heavy atom. The van der Waals surface area contributed by atoms with Crippen LogP contribution in [0.2, 0.25) is 0 Å². The lowest BCUT2D eigenvalue weighted by atomic mass is 10.1. The van der Waals surface area contributed by atoms with E-state index in [0.29, 0.717) is 26.3 Å². The van der Waals surface area contributed by atoms with E-state index in [9.17, 15) is 27.2 Å². The molecule has 3 N–H and O–H groups in total. The fourth-order valence-electron chi connectivity index (χ4n) is 3.06. The van der Waals surface area contributed by atoms with Gasteiger partial charge in [0.25, 0.3) is 5.91 Å². The number of carbonyl (C=O) groups excluding carboxylic acids is 2. The van der Waals surface area contributed by atoms with E-state index in [2.05, 4.69) is 20.9 Å². The largest absolute Gasteiger partial charge is 0.416 e. The smallest absolute Gasteiger partial charge is 0.379 e.